The number of nitrogens with zero attached hydrogens (tertiary/aromatic N) is 3. The molecule has 0 saturated heterocycles. The van der Waals surface area contributed by atoms with Crippen LogP contribution in [0.1, 0.15) is 33.6 Å². The molecule has 4 heteroatoms. The summed E-state index contributed by atoms with van der Waals surface area (Å²) in [6.07, 6.45) is 4.09. The van der Waals surface area contributed by atoms with Crippen molar-refractivity contribution in [2.45, 2.75) is 5.41 Å². The van der Waals surface area contributed by atoms with Gasteiger partial charge in [0.05, 0.1) is 22.0 Å². The van der Waals surface area contributed by atoms with Gasteiger partial charge < -0.3 is 0 Å². The lowest BCUT2D eigenvalue weighted by Gasteiger charge is -2.30. The van der Waals surface area contributed by atoms with Crippen LogP contribution >= 0.6 is 11.6 Å². The second-order valence-corrected chi connectivity index (χ2v) is 13.7. The topological polar surface area (TPSA) is 30.7 Å². The molecule has 2 heterocycles. The monoisotopic (exact) mass is 667 g/mol. The van der Waals surface area contributed by atoms with Gasteiger partial charge in [0.1, 0.15) is 11.0 Å². The largest absolute Gasteiger partial charge is 0.294 e. The van der Waals surface area contributed by atoms with Gasteiger partial charge in [-0.3, -0.25) is 4.57 Å². The fraction of sp³-hybridized carbons (Fsp3) is 0.0213. The van der Waals surface area contributed by atoms with E-state index in [4.69, 9.17) is 16.6 Å². The molecule has 3 aliphatic rings. The van der Waals surface area contributed by atoms with Crippen LogP contribution in [-0.4, -0.2) is 14.5 Å². The molecule has 0 unspecified atom stereocenters. The van der Waals surface area contributed by atoms with Gasteiger partial charge in [-0.25, -0.2) is 9.97 Å². The van der Waals surface area contributed by atoms with Gasteiger partial charge in [-0.15, -0.1) is 0 Å². The van der Waals surface area contributed by atoms with Crippen molar-refractivity contribution in [2.24, 2.45) is 0 Å². The van der Waals surface area contributed by atoms with Gasteiger partial charge in [-0.05, 0) is 80.4 Å². The highest BCUT2D eigenvalue weighted by atomic mass is 35.5. The maximum atomic E-state index is 6.67. The van der Waals surface area contributed by atoms with Crippen LogP contribution in [0.3, 0.4) is 0 Å². The molecule has 0 amide bonds. The summed E-state index contributed by atoms with van der Waals surface area (Å²) in [4.78, 5) is 9.63. The van der Waals surface area contributed by atoms with Crippen molar-refractivity contribution in [1.82, 2.24) is 14.5 Å². The molecule has 0 aliphatic heterocycles. The molecule has 51 heavy (non-hydrogen) atoms. The molecule has 1 spiro atoms. The number of hydrogen-bond acceptors (Lipinski definition) is 2. The zero-order valence-electron chi connectivity index (χ0n) is 27.2. The molecular weight excluding hydrogens is 642 g/mol. The number of allylic oxidation sites excluding steroid dienone is 4. The van der Waals surface area contributed by atoms with Crippen LogP contribution in [0.4, 0.5) is 0 Å². The minimum atomic E-state index is -0.352. The fourth-order valence-electron chi connectivity index (χ4n) is 8.76. The molecule has 2 aromatic heterocycles. The van der Waals surface area contributed by atoms with Crippen LogP contribution in [0, 0.1) is 0 Å². The Labute approximate surface area is 299 Å². The van der Waals surface area contributed by atoms with E-state index in [0.29, 0.717) is 16.8 Å². The highest BCUT2D eigenvalue weighted by Gasteiger charge is 2.51. The molecule has 3 nitrogen and oxygen atoms in total. The van der Waals surface area contributed by atoms with Gasteiger partial charge in [0.2, 0.25) is 0 Å². The SMILES string of the molecule is Clc1cc(-n2c3ccccc3c3ccccc32)nc(C2=C=C=C(c3ccc4c(c3)-c3ccccc3C43c4ccccc4-c4ccccc43)C=C2)n1. The van der Waals surface area contributed by atoms with E-state index in [1.54, 1.807) is 0 Å². The first-order chi connectivity index (χ1) is 25.2. The van der Waals surface area contributed by atoms with Gasteiger partial charge in [0.25, 0.3) is 0 Å². The Bertz CT molecular complexity index is 2870. The van der Waals surface area contributed by atoms with Crippen molar-refractivity contribution in [3.8, 4) is 28.1 Å². The van der Waals surface area contributed by atoms with E-state index in [1.807, 2.05) is 24.3 Å². The number of benzene rings is 6. The van der Waals surface area contributed by atoms with Crippen LogP contribution in [0.15, 0.2) is 169 Å². The van der Waals surface area contributed by atoms with Crippen LogP contribution in [0.25, 0.3) is 61.0 Å². The van der Waals surface area contributed by atoms with Crippen LogP contribution in [0.2, 0.25) is 5.15 Å². The summed E-state index contributed by atoms with van der Waals surface area (Å²) in [7, 11) is 0. The van der Waals surface area contributed by atoms with E-state index in [2.05, 4.69) is 154 Å². The highest BCUT2D eigenvalue weighted by Crippen LogP contribution is 2.62. The summed E-state index contributed by atoms with van der Waals surface area (Å²) in [5, 5.41) is 2.70. The smallest absolute Gasteiger partial charge is 0.171 e. The van der Waals surface area contributed by atoms with Crippen molar-refractivity contribution in [3.05, 3.63) is 208 Å². The van der Waals surface area contributed by atoms with E-state index in [1.165, 1.54) is 44.5 Å². The van der Waals surface area contributed by atoms with Gasteiger partial charge in [-0.1, -0.05) is 144 Å². The average Bonchev–Trinajstić information content (AvgIpc) is 3.79. The zero-order valence-corrected chi connectivity index (χ0v) is 28.0. The Morgan fingerprint density at radius 2 is 1.00 bits per heavy atom. The second kappa shape index (κ2) is 10.5. The molecular formula is C47H26ClN3. The Morgan fingerprint density at radius 1 is 0.490 bits per heavy atom. The minimum Gasteiger partial charge on any atom is -0.294 e. The van der Waals surface area contributed by atoms with Crippen molar-refractivity contribution >= 4 is 44.6 Å². The first kappa shape index (κ1) is 28.4. The lowest BCUT2D eigenvalue weighted by atomic mass is 9.70. The Kier molecular flexibility index (Phi) is 5.85. The minimum absolute atomic E-state index is 0.352. The first-order valence-corrected chi connectivity index (χ1v) is 17.5. The number of hydrogen-bond donors (Lipinski definition) is 0. The van der Waals surface area contributed by atoms with E-state index in [0.717, 1.165) is 38.5 Å². The summed E-state index contributed by atoms with van der Waals surface area (Å²) in [6, 6.07) is 52.1. The molecule has 0 bridgehead atoms. The molecule has 11 rings (SSSR count). The number of para-hydroxylation sites is 2. The molecule has 6 aromatic carbocycles. The van der Waals surface area contributed by atoms with Crippen LogP contribution in [0.5, 0.6) is 0 Å². The van der Waals surface area contributed by atoms with Gasteiger partial charge >= 0.3 is 0 Å². The number of halogens is 1. The summed E-state index contributed by atoms with van der Waals surface area (Å²) in [5.74, 6) is 1.21. The van der Waals surface area contributed by atoms with Gasteiger partial charge in [-0.2, -0.15) is 0 Å². The number of rotatable bonds is 3. The maximum absolute atomic E-state index is 6.67. The third-order valence-corrected chi connectivity index (χ3v) is 11.0. The van der Waals surface area contributed by atoms with E-state index < -0.39 is 0 Å². The van der Waals surface area contributed by atoms with Crippen LogP contribution < -0.4 is 0 Å². The quantitative estimate of drug-likeness (QED) is 0.139. The summed E-state index contributed by atoms with van der Waals surface area (Å²) >= 11 is 6.67. The Balaban J connectivity index is 1.05. The van der Waals surface area contributed by atoms with Crippen molar-refractivity contribution in [1.29, 1.82) is 0 Å². The normalized spacial score (nSPS) is 14.4. The fourth-order valence-corrected chi connectivity index (χ4v) is 8.94. The third kappa shape index (κ3) is 3.86. The average molecular weight is 668 g/mol. The molecule has 0 radical (unpaired) electrons. The van der Waals surface area contributed by atoms with Gasteiger partial charge in [0.15, 0.2) is 5.82 Å². The Morgan fingerprint density at radius 3 is 1.61 bits per heavy atom. The van der Waals surface area contributed by atoms with Crippen molar-refractivity contribution < 1.29 is 0 Å². The van der Waals surface area contributed by atoms with E-state index in [-0.39, 0.29) is 5.41 Å². The summed E-state index contributed by atoms with van der Waals surface area (Å²) < 4.78 is 2.15. The highest BCUT2D eigenvalue weighted by molar-refractivity contribution is 6.29. The number of aromatic nitrogens is 3. The Hall–Kier alpha value is -6.47. The second-order valence-electron chi connectivity index (χ2n) is 13.3. The molecule has 0 fully saturated rings. The molecule has 3 aliphatic carbocycles. The van der Waals surface area contributed by atoms with Crippen molar-refractivity contribution in [2.75, 3.05) is 0 Å². The predicted octanol–water partition coefficient (Wildman–Crippen LogP) is 11.4. The van der Waals surface area contributed by atoms with Gasteiger partial charge in [0, 0.05) is 22.4 Å². The van der Waals surface area contributed by atoms with E-state index in [9.17, 15) is 0 Å². The molecule has 236 valence electrons. The van der Waals surface area contributed by atoms with Crippen molar-refractivity contribution in [3.63, 3.8) is 0 Å². The van der Waals surface area contributed by atoms with E-state index >= 15 is 0 Å². The van der Waals surface area contributed by atoms with Crippen LogP contribution in [-0.2, 0) is 5.41 Å². The lowest BCUT2D eigenvalue weighted by Crippen LogP contribution is -2.25. The standard InChI is InChI=1S/C47H26ClN3/c48-44-28-45(51-42-19-9-4-14-35(42)36-15-5-10-20-43(36)51)50-46(49-44)30-23-21-29(22-24-30)31-25-26-41-37(27-31)34-13-3-8-18-40(34)47(41)38-16-6-1-11-32(38)33-12-2-7-17-39(33)47/h1-21,23,25-28H. The predicted molar refractivity (Wildman–Crippen MR) is 207 cm³/mol. The lowest BCUT2D eigenvalue weighted by molar-refractivity contribution is 0.793. The summed E-state index contributed by atoms with van der Waals surface area (Å²) in [6.45, 7) is 0. The maximum Gasteiger partial charge on any atom is 0.171 e. The molecule has 0 N–H and O–H groups in total. The molecule has 0 saturated carbocycles. The number of fused-ring (bicyclic) bond motifs is 13. The third-order valence-electron chi connectivity index (χ3n) is 10.8. The molecule has 8 aromatic rings. The summed E-state index contributed by atoms with van der Waals surface area (Å²) in [5.41, 5.74) is 21.8. The first-order valence-electron chi connectivity index (χ1n) is 17.1. The molecule has 0 atom stereocenters. The zero-order chi connectivity index (χ0) is 33.7.